The zero-order chi connectivity index (χ0) is 17.4. The first-order valence-electron chi connectivity index (χ1n) is 8.11. The van der Waals surface area contributed by atoms with E-state index in [2.05, 4.69) is 16.0 Å². The van der Waals surface area contributed by atoms with Gasteiger partial charge in [0.05, 0.1) is 17.3 Å². The van der Waals surface area contributed by atoms with E-state index < -0.39 is 0 Å². The molecule has 1 unspecified atom stereocenters. The molecule has 5 nitrogen and oxygen atoms in total. The highest BCUT2D eigenvalue weighted by Gasteiger charge is 2.15. The second-order valence-corrected chi connectivity index (χ2v) is 5.53. The summed E-state index contributed by atoms with van der Waals surface area (Å²) < 4.78 is 0. The largest absolute Gasteiger partial charge is 0.345 e. The Kier molecular flexibility index (Phi) is 6.37. The summed E-state index contributed by atoms with van der Waals surface area (Å²) in [4.78, 5) is 24.4. The molecule has 3 N–H and O–H groups in total. The van der Waals surface area contributed by atoms with Crippen LogP contribution in [0.4, 0.5) is 10.5 Å². The minimum Gasteiger partial charge on any atom is -0.345 e. The third-order valence-electron chi connectivity index (χ3n) is 3.60. The van der Waals surface area contributed by atoms with Crippen LogP contribution in [0.25, 0.3) is 0 Å². The van der Waals surface area contributed by atoms with Gasteiger partial charge in [0.2, 0.25) is 0 Å². The molecule has 0 saturated heterocycles. The molecule has 2 rings (SSSR count). The third-order valence-corrected chi connectivity index (χ3v) is 3.60. The van der Waals surface area contributed by atoms with E-state index in [1.807, 2.05) is 44.2 Å². The van der Waals surface area contributed by atoms with Crippen LogP contribution in [0.1, 0.15) is 42.2 Å². The number of hydrogen-bond donors (Lipinski definition) is 3. The lowest BCUT2D eigenvalue weighted by Gasteiger charge is -2.16. The van der Waals surface area contributed by atoms with Gasteiger partial charge >= 0.3 is 6.03 Å². The SMILES string of the molecule is CCCNC(=O)Nc1ccccc1C(=O)NC(C)c1ccccc1. The standard InChI is InChI=1S/C19H23N3O2/c1-3-13-20-19(24)22-17-12-8-7-11-16(17)18(23)21-14(2)15-9-5-4-6-10-15/h4-12,14H,3,13H2,1-2H3,(H,21,23)(H2,20,22,24). The van der Waals surface area contributed by atoms with Crippen LogP contribution >= 0.6 is 0 Å². The summed E-state index contributed by atoms with van der Waals surface area (Å²) in [6.45, 7) is 4.50. The van der Waals surface area contributed by atoms with Gasteiger partial charge in [0.15, 0.2) is 0 Å². The topological polar surface area (TPSA) is 70.2 Å². The summed E-state index contributed by atoms with van der Waals surface area (Å²) >= 11 is 0. The molecular weight excluding hydrogens is 302 g/mol. The van der Waals surface area contributed by atoms with Crippen molar-refractivity contribution in [2.24, 2.45) is 0 Å². The van der Waals surface area contributed by atoms with Crippen LogP contribution in [0.15, 0.2) is 54.6 Å². The first kappa shape index (κ1) is 17.5. The van der Waals surface area contributed by atoms with E-state index >= 15 is 0 Å². The van der Waals surface area contributed by atoms with Crippen LogP contribution in [0.2, 0.25) is 0 Å². The summed E-state index contributed by atoms with van der Waals surface area (Å²) in [5.74, 6) is -0.224. The number of anilines is 1. The monoisotopic (exact) mass is 325 g/mol. The van der Waals surface area contributed by atoms with Crippen molar-refractivity contribution in [3.8, 4) is 0 Å². The lowest BCUT2D eigenvalue weighted by Crippen LogP contribution is -2.31. The van der Waals surface area contributed by atoms with E-state index in [1.165, 1.54) is 0 Å². The average molecular weight is 325 g/mol. The number of para-hydroxylation sites is 1. The van der Waals surface area contributed by atoms with Gasteiger partial charge < -0.3 is 16.0 Å². The minimum atomic E-state index is -0.312. The molecule has 0 spiro atoms. The molecule has 0 saturated carbocycles. The Balaban J connectivity index is 2.08. The Morgan fingerprint density at radius 3 is 2.38 bits per heavy atom. The molecule has 126 valence electrons. The fourth-order valence-electron chi connectivity index (χ4n) is 2.29. The zero-order valence-corrected chi connectivity index (χ0v) is 14.0. The number of rotatable bonds is 6. The molecule has 3 amide bonds. The number of benzene rings is 2. The maximum atomic E-state index is 12.6. The number of carbonyl (C=O) groups is 2. The first-order chi connectivity index (χ1) is 11.6. The van der Waals surface area contributed by atoms with Crippen molar-refractivity contribution in [1.29, 1.82) is 0 Å². The van der Waals surface area contributed by atoms with Gasteiger partial charge in [0.25, 0.3) is 5.91 Å². The van der Waals surface area contributed by atoms with Crippen molar-refractivity contribution in [3.05, 3.63) is 65.7 Å². The first-order valence-corrected chi connectivity index (χ1v) is 8.11. The highest BCUT2D eigenvalue weighted by molar-refractivity contribution is 6.03. The second kappa shape index (κ2) is 8.72. The van der Waals surface area contributed by atoms with Crippen LogP contribution in [-0.4, -0.2) is 18.5 Å². The second-order valence-electron chi connectivity index (χ2n) is 5.53. The molecule has 5 heteroatoms. The minimum absolute atomic E-state index is 0.124. The van der Waals surface area contributed by atoms with Crippen LogP contribution < -0.4 is 16.0 Å². The van der Waals surface area contributed by atoms with Crippen molar-refractivity contribution >= 4 is 17.6 Å². The fraction of sp³-hybridized carbons (Fsp3) is 0.263. The molecule has 0 aromatic heterocycles. The van der Waals surface area contributed by atoms with Gasteiger partial charge in [-0.3, -0.25) is 4.79 Å². The van der Waals surface area contributed by atoms with Crippen molar-refractivity contribution in [2.45, 2.75) is 26.3 Å². The van der Waals surface area contributed by atoms with E-state index in [-0.39, 0.29) is 18.0 Å². The normalized spacial score (nSPS) is 11.4. The molecule has 1 atom stereocenters. The Morgan fingerprint density at radius 1 is 1.00 bits per heavy atom. The Bertz CT molecular complexity index is 686. The Morgan fingerprint density at radius 2 is 1.67 bits per heavy atom. The summed E-state index contributed by atoms with van der Waals surface area (Å²) in [6.07, 6.45) is 0.851. The van der Waals surface area contributed by atoms with Gasteiger partial charge in [-0.15, -0.1) is 0 Å². The summed E-state index contributed by atoms with van der Waals surface area (Å²) in [7, 11) is 0. The molecule has 2 aromatic carbocycles. The van der Waals surface area contributed by atoms with Crippen molar-refractivity contribution in [1.82, 2.24) is 10.6 Å². The maximum absolute atomic E-state index is 12.6. The number of nitrogens with one attached hydrogen (secondary N) is 3. The lowest BCUT2D eigenvalue weighted by molar-refractivity contribution is 0.0941. The molecule has 0 aliphatic carbocycles. The van der Waals surface area contributed by atoms with Crippen molar-refractivity contribution < 1.29 is 9.59 Å². The van der Waals surface area contributed by atoms with Gasteiger partial charge in [-0.2, -0.15) is 0 Å². The van der Waals surface area contributed by atoms with E-state index in [1.54, 1.807) is 24.3 Å². The van der Waals surface area contributed by atoms with E-state index in [0.29, 0.717) is 17.8 Å². The molecule has 0 aliphatic rings. The number of amides is 3. The summed E-state index contributed by atoms with van der Waals surface area (Å²) in [5, 5.41) is 8.42. The molecule has 0 bridgehead atoms. The highest BCUT2D eigenvalue weighted by Crippen LogP contribution is 2.17. The quantitative estimate of drug-likeness (QED) is 0.758. The van der Waals surface area contributed by atoms with E-state index in [4.69, 9.17) is 0 Å². The number of urea groups is 1. The van der Waals surface area contributed by atoms with Crippen LogP contribution in [0, 0.1) is 0 Å². The molecule has 2 aromatic rings. The average Bonchev–Trinajstić information content (AvgIpc) is 2.61. The smallest absolute Gasteiger partial charge is 0.319 e. The molecule has 0 radical (unpaired) electrons. The molecule has 0 aliphatic heterocycles. The van der Waals surface area contributed by atoms with Crippen LogP contribution in [0.3, 0.4) is 0 Å². The fourth-order valence-corrected chi connectivity index (χ4v) is 2.29. The van der Waals surface area contributed by atoms with Gasteiger partial charge in [0, 0.05) is 6.54 Å². The van der Waals surface area contributed by atoms with Crippen LogP contribution in [0.5, 0.6) is 0 Å². The molecular formula is C19H23N3O2. The highest BCUT2D eigenvalue weighted by atomic mass is 16.2. The van der Waals surface area contributed by atoms with E-state index in [0.717, 1.165) is 12.0 Å². The van der Waals surface area contributed by atoms with Gasteiger partial charge in [-0.05, 0) is 31.0 Å². The lowest BCUT2D eigenvalue weighted by atomic mass is 10.1. The Labute approximate surface area is 142 Å². The maximum Gasteiger partial charge on any atom is 0.319 e. The van der Waals surface area contributed by atoms with Gasteiger partial charge in [-0.1, -0.05) is 49.4 Å². The van der Waals surface area contributed by atoms with Crippen molar-refractivity contribution in [2.75, 3.05) is 11.9 Å². The zero-order valence-electron chi connectivity index (χ0n) is 14.0. The van der Waals surface area contributed by atoms with E-state index in [9.17, 15) is 9.59 Å². The summed E-state index contributed by atoms with van der Waals surface area (Å²) in [6, 6.07) is 16.3. The Hall–Kier alpha value is -2.82. The van der Waals surface area contributed by atoms with Crippen LogP contribution in [-0.2, 0) is 0 Å². The van der Waals surface area contributed by atoms with Crippen molar-refractivity contribution in [3.63, 3.8) is 0 Å². The molecule has 24 heavy (non-hydrogen) atoms. The molecule has 0 fully saturated rings. The number of carbonyl (C=O) groups excluding carboxylic acids is 2. The number of hydrogen-bond acceptors (Lipinski definition) is 2. The van der Waals surface area contributed by atoms with Gasteiger partial charge in [-0.25, -0.2) is 4.79 Å². The third kappa shape index (κ3) is 4.84. The predicted molar refractivity (Wildman–Crippen MR) is 96.1 cm³/mol. The predicted octanol–water partition coefficient (Wildman–Crippen LogP) is 3.71. The summed E-state index contributed by atoms with van der Waals surface area (Å²) in [5.41, 5.74) is 1.95. The van der Waals surface area contributed by atoms with Gasteiger partial charge in [0.1, 0.15) is 0 Å². The molecule has 0 heterocycles.